The highest BCUT2D eigenvalue weighted by atomic mass is 32.2. The molecule has 1 fully saturated rings. The molecule has 25 heavy (non-hydrogen) atoms. The van der Waals surface area contributed by atoms with Gasteiger partial charge in [-0.15, -0.1) is 0 Å². The molecule has 0 aliphatic carbocycles. The van der Waals surface area contributed by atoms with Gasteiger partial charge in [-0.25, -0.2) is 4.39 Å². The standard InChI is InChI=1S/C19H16FNO2S2/c1-2-10-23-16-8-6-13(7-9-16)11-17-18(22)21(19(24)25-17)15-5-3-4-14(20)12-15/h3-9,11-12H,2,10H2,1H3/b17-11-. The first-order valence-corrected chi connectivity index (χ1v) is 9.07. The van der Waals surface area contributed by atoms with Gasteiger partial charge in [0.1, 0.15) is 11.6 Å². The van der Waals surface area contributed by atoms with Gasteiger partial charge in [-0.05, 0) is 48.4 Å². The summed E-state index contributed by atoms with van der Waals surface area (Å²) in [6.45, 7) is 2.72. The average molecular weight is 373 g/mol. The van der Waals surface area contributed by atoms with Crippen molar-refractivity contribution in [2.45, 2.75) is 13.3 Å². The lowest BCUT2D eigenvalue weighted by Gasteiger charge is -2.14. The Labute approximate surface area is 155 Å². The minimum Gasteiger partial charge on any atom is -0.494 e. The molecule has 1 aliphatic heterocycles. The fourth-order valence-corrected chi connectivity index (χ4v) is 3.64. The van der Waals surface area contributed by atoms with Crippen LogP contribution in [0.3, 0.4) is 0 Å². The Morgan fingerprint density at radius 2 is 2.00 bits per heavy atom. The first-order valence-electron chi connectivity index (χ1n) is 7.85. The first kappa shape index (κ1) is 17.6. The molecule has 0 atom stereocenters. The van der Waals surface area contributed by atoms with Crippen molar-refractivity contribution in [3.8, 4) is 5.75 Å². The monoisotopic (exact) mass is 373 g/mol. The minimum absolute atomic E-state index is 0.244. The van der Waals surface area contributed by atoms with Crippen LogP contribution in [-0.2, 0) is 4.79 Å². The number of carbonyl (C=O) groups is 1. The van der Waals surface area contributed by atoms with Gasteiger partial charge in [0.15, 0.2) is 4.32 Å². The molecule has 0 N–H and O–H groups in total. The molecule has 0 bridgehead atoms. The summed E-state index contributed by atoms with van der Waals surface area (Å²) in [6.07, 6.45) is 2.73. The third-order valence-electron chi connectivity index (χ3n) is 3.51. The van der Waals surface area contributed by atoms with E-state index in [0.717, 1.165) is 17.7 Å². The van der Waals surface area contributed by atoms with Crippen molar-refractivity contribution in [3.63, 3.8) is 0 Å². The summed E-state index contributed by atoms with van der Waals surface area (Å²) in [6, 6.07) is 13.4. The Bertz CT molecular complexity index is 834. The highest BCUT2D eigenvalue weighted by Gasteiger charge is 2.33. The topological polar surface area (TPSA) is 29.5 Å². The molecule has 128 valence electrons. The summed E-state index contributed by atoms with van der Waals surface area (Å²) < 4.78 is 19.4. The Kier molecular flexibility index (Phi) is 5.50. The largest absolute Gasteiger partial charge is 0.494 e. The number of ether oxygens (including phenoxy) is 1. The summed E-state index contributed by atoms with van der Waals surface area (Å²) in [4.78, 5) is 14.5. The van der Waals surface area contributed by atoms with Gasteiger partial charge in [0.25, 0.3) is 5.91 Å². The third kappa shape index (κ3) is 4.08. The number of hydrogen-bond donors (Lipinski definition) is 0. The van der Waals surface area contributed by atoms with E-state index in [9.17, 15) is 9.18 Å². The highest BCUT2D eigenvalue weighted by molar-refractivity contribution is 8.27. The second kappa shape index (κ2) is 7.80. The van der Waals surface area contributed by atoms with Gasteiger partial charge < -0.3 is 4.74 Å². The summed E-state index contributed by atoms with van der Waals surface area (Å²) in [5.41, 5.74) is 1.32. The Morgan fingerprint density at radius 3 is 2.68 bits per heavy atom. The van der Waals surface area contributed by atoms with Gasteiger partial charge >= 0.3 is 0 Å². The van der Waals surface area contributed by atoms with Gasteiger partial charge in [0.05, 0.1) is 17.2 Å². The Morgan fingerprint density at radius 1 is 1.24 bits per heavy atom. The second-order valence-corrected chi connectivity index (χ2v) is 7.09. The number of nitrogens with zero attached hydrogens (tertiary/aromatic N) is 1. The number of carbonyl (C=O) groups excluding carboxylic acids is 1. The lowest BCUT2D eigenvalue weighted by Crippen LogP contribution is -2.27. The van der Waals surface area contributed by atoms with E-state index < -0.39 is 5.82 Å². The zero-order chi connectivity index (χ0) is 17.8. The van der Waals surface area contributed by atoms with Crippen LogP contribution in [0.1, 0.15) is 18.9 Å². The van der Waals surface area contributed by atoms with Crippen molar-refractivity contribution in [2.24, 2.45) is 0 Å². The van der Waals surface area contributed by atoms with Gasteiger partial charge in [-0.2, -0.15) is 0 Å². The number of halogens is 1. The van der Waals surface area contributed by atoms with Crippen LogP contribution in [0.25, 0.3) is 6.08 Å². The molecular weight excluding hydrogens is 357 g/mol. The van der Waals surface area contributed by atoms with Crippen LogP contribution in [0.15, 0.2) is 53.4 Å². The summed E-state index contributed by atoms with van der Waals surface area (Å²) in [5.74, 6) is 0.149. The molecule has 1 saturated heterocycles. The predicted octanol–water partition coefficient (Wildman–Crippen LogP) is 5.02. The molecule has 1 aliphatic rings. The molecule has 0 radical (unpaired) electrons. The molecule has 3 rings (SSSR count). The van der Waals surface area contributed by atoms with Crippen molar-refractivity contribution < 1.29 is 13.9 Å². The summed E-state index contributed by atoms with van der Waals surface area (Å²) >= 11 is 6.50. The Hall–Kier alpha value is -2.18. The molecule has 6 heteroatoms. The molecule has 0 spiro atoms. The lowest BCUT2D eigenvalue weighted by molar-refractivity contribution is -0.113. The van der Waals surface area contributed by atoms with Crippen molar-refractivity contribution in [1.29, 1.82) is 0 Å². The highest BCUT2D eigenvalue weighted by Crippen LogP contribution is 2.36. The van der Waals surface area contributed by atoms with Crippen LogP contribution in [-0.4, -0.2) is 16.8 Å². The van der Waals surface area contributed by atoms with E-state index in [1.165, 1.54) is 28.8 Å². The van der Waals surface area contributed by atoms with Crippen LogP contribution in [0.4, 0.5) is 10.1 Å². The molecule has 1 amide bonds. The van der Waals surface area contributed by atoms with E-state index in [4.69, 9.17) is 17.0 Å². The van der Waals surface area contributed by atoms with Crippen molar-refractivity contribution in [1.82, 2.24) is 0 Å². The number of anilines is 1. The second-order valence-electron chi connectivity index (χ2n) is 5.41. The van der Waals surface area contributed by atoms with Crippen LogP contribution in [0, 0.1) is 5.82 Å². The fraction of sp³-hybridized carbons (Fsp3) is 0.158. The molecule has 2 aromatic rings. The fourth-order valence-electron chi connectivity index (χ4n) is 2.34. The predicted molar refractivity (Wildman–Crippen MR) is 104 cm³/mol. The number of rotatable bonds is 5. The van der Waals surface area contributed by atoms with Crippen molar-refractivity contribution >= 4 is 46.0 Å². The summed E-state index contributed by atoms with van der Waals surface area (Å²) in [5, 5.41) is 0. The smallest absolute Gasteiger partial charge is 0.270 e. The number of thiocarbonyl (C=S) groups is 1. The molecule has 3 nitrogen and oxygen atoms in total. The van der Waals surface area contributed by atoms with E-state index in [-0.39, 0.29) is 5.91 Å². The zero-order valence-electron chi connectivity index (χ0n) is 13.6. The van der Waals surface area contributed by atoms with Gasteiger partial charge in [-0.3, -0.25) is 9.69 Å². The molecular formula is C19H16FNO2S2. The van der Waals surface area contributed by atoms with Crippen molar-refractivity contribution in [2.75, 3.05) is 11.5 Å². The van der Waals surface area contributed by atoms with Crippen LogP contribution >= 0.6 is 24.0 Å². The van der Waals surface area contributed by atoms with Gasteiger partial charge in [-0.1, -0.05) is 49.1 Å². The number of thioether (sulfide) groups is 1. The molecule has 0 saturated carbocycles. The molecule has 1 heterocycles. The van der Waals surface area contributed by atoms with E-state index in [2.05, 4.69) is 6.92 Å². The SMILES string of the molecule is CCCOc1ccc(/C=C2\SC(=S)N(c3cccc(F)c3)C2=O)cc1. The molecule has 0 aromatic heterocycles. The maximum Gasteiger partial charge on any atom is 0.270 e. The van der Waals surface area contributed by atoms with Gasteiger partial charge in [0.2, 0.25) is 0 Å². The zero-order valence-corrected chi connectivity index (χ0v) is 15.2. The van der Waals surface area contributed by atoms with Crippen molar-refractivity contribution in [3.05, 3.63) is 64.8 Å². The van der Waals surface area contributed by atoms with E-state index >= 15 is 0 Å². The normalized spacial score (nSPS) is 15.9. The summed E-state index contributed by atoms with van der Waals surface area (Å²) in [7, 11) is 0. The molecule has 0 unspecified atom stereocenters. The van der Waals surface area contributed by atoms with Crippen LogP contribution in [0.2, 0.25) is 0 Å². The maximum absolute atomic E-state index is 13.4. The Balaban J connectivity index is 1.80. The third-order valence-corrected chi connectivity index (χ3v) is 4.81. The average Bonchev–Trinajstić information content (AvgIpc) is 2.88. The minimum atomic E-state index is -0.404. The lowest BCUT2D eigenvalue weighted by atomic mass is 10.2. The number of hydrogen-bond acceptors (Lipinski definition) is 4. The van der Waals surface area contributed by atoms with Crippen LogP contribution < -0.4 is 9.64 Å². The van der Waals surface area contributed by atoms with E-state index in [0.29, 0.717) is 21.5 Å². The first-order chi connectivity index (χ1) is 12.1. The van der Waals surface area contributed by atoms with Crippen LogP contribution in [0.5, 0.6) is 5.75 Å². The van der Waals surface area contributed by atoms with Gasteiger partial charge in [0, 0.05) is 0 Å². The maximum atomic E-state index is 13.4. The van der Waals surface area contributed by atoms with E-state index in [1.54, 1.807) is 18.2 Å². The number of amides is 1. The van der Waals surface area contributed by atoms with E-state index in [1.807, 2.05) is 24.3 Å². The number of benzene rings is 2. The molecule has 2 aromatic carbocycles. The quantitative estimate of drug-likeness (QED) is 0.544.